The van der Waals surface area contributed by atoms with E-state index in [2.05, 4.69) is 4.90 Å². The fraction of sp³-hybridized carbons (Fsp3) is 1.00. The molecule has 1 heterocycles. The number of β-amino-alcohol motifs (C(OH)–C–C–N with tert-alkyl or cyclic N) is 1. The summed E-state index contributed by atoms with van der Waals surface area (Å²) in [4.78, 5) is 2.34. The minimum atomic E-state index is -0.554. The first-order valence-corrected chi connectivity index (χ1v) is 6.13. The zero-order valence-electron chi connectivity index (χ0n) is 10.1. The molecule has 0 saturated carbocycles. The van der Waals surface area contributed by atoms with Gasteiger partial charge in [0.2, 0.25) is 0 Å². The van der Waals surface area contributed by atoms with E-state index in [-0.39, 0.29) is 0 Å². The Balaban J connectivity index is 2.36. The van der Waals surface area contributed by atoms with Crippen LogP contribution < -0.4 is 0 Å². The molecule has 15 heavy (non-hydrogen) atoms. The van der Waals surface area contributed by atoms with E-state index in [0.717, 1.165) is 32.5 Å². The highest BCUT2D eigenvalue weighted by Crippen LogP contribution is 2.21. The third kappa shape index (κ3) is 4.49. The highest BCUT2D eigenvalue weighted by Gasteiger charge is 2.26. The lowest BCUT2D eigenvalue weighted by Crippen LogP contribution is -2.45. The van der Waals surface area contributed by atoms with Crippen LogP contribution in [0.25, 0.3) is 0 Å². The number of rotatable bonds is 5. The van der Waals surface area contributed by atoms with Crippen molar-refractivity contribution in [2.45, 2.75) is 45.1 Å². The number of aliphatic hydroxyl groups is 2. The second-order valence-electron chi connectivity index (χ2n) is 5.11. The van der Waals surface area contributed by atoms with E-state index in [1.165, 1.54) is 12.8 Å². The van der Waals surface area contributed by atoms with Gasteiger partial charge in [-0.05, 0) is 45.1 Å². The van der Waals surface area contributed by atoms with E-state index in [0.29, 0.717) is 12.5 Å². The summed E-state index contributed by atoms with van der Waals surface area (Å²) < 4.78 is 0. The Kier molecular flexibility index (Phi) is 5.03. The summed E-state index contributed by atoms with van der Waals surface area (Å²) in [6.07, 6.45) is 4.13. The average Bonchev–Trinajstić information content (AvgIpc) is 2.18. The summed E-state index contributed by atoms with van der Waals surface area (Å²) in [5.74, 6) is 0.622. The molecule has 0 spiro atoms. The van der Waals surface area contributed by atoms with Crippen LogP contribution in [0.4, 0.5) is 0 Å². The molecule has 1 aliphatic heterocycles. The first kappa shape index (κ1) is 12.9. The second-order valence-corrected chi connectivity index (χ2v) is 5.11. The van der Waals surface area contributed by atoms with E-state index < -0.39 is 5.60 Å². The molecule has 0 amide bonds. The van der Waals surface area contributed by atoms with Gasteiger partial charge in [-0.2, -0.15) is 0 Å². The average molecular weight is 215 g/mol. The van der Waals surface area contributed by atoms with Gasteiger partial charge in [0.1, 0.15) is 0 Å². The Morgan fingerprint density at radius 2 is 2.20 bits per heavy atom. The van der Waals surface area contributed by atoms with Crippen LogP contribution in [0.15, 0.2) is 0 Å². The van der Waals surface area contributed by atoms with Crippen molar-refractivity contribution in [1.29, 1.82) is 0 Å². The molecule has 0 aromatic carbocycles. The Bertz CT molecular complexity index is 180. The Labute approximate surface area is 93.1 Å². The van der Waals surface area contributed by atoms with Gasteiger partial charge in [-0.1, -0.05) is 6.92 Å². The van der Waals surface area contributed by atoms with Gasteiger partial charge in [-0.15, -0.1) is 0 Å². The third-order valence-corrected chi connectivity index (χ3v) is 3.47. The van der Waals surface area contributed by atoms with Crippen molar-refractivity contribution in [1.82, 2.24) is 4.90 Å². The van der Waals surface area contributed by atoms with Crippen LogP contribution in [-0.4, -0.2) is 47.0 Å². The topological polar surface area (TPSA) is 43.7 Å². The third-order valence-electron chi connectivity index (χ3n) is 3.47. The molecule has 0 aliphatic carbocycles. The summed E-state index contributed by atoms with van der Waals surface area (Å²) in [6.45, 7) is 7.13. The first-order chi connectivity index (χ1) is 7.07. The van der Waals surface area contributed by atoms with Crippen LogP contribution in [-0.2, 0) is 0 Å². The van der Waals surface area contributed by atoms with Crippen molar-refractivity contribution in [2.24, 2.45) is 5.92 Å². The van der Waals surface area contributed by atoms with Gasteiger partial charge in [0.25, 0.3) is 0 Å². The molecular formula is C12H25NO2. The summed E-state index contributed by atoms with van der Waals surface area (Å²) in [5, 5.41) is 18.9. The van der Waals surface area contributed by atoms with Crippen molar-refractivity contribution < 1.29 is 10.2 Å². The summed E-state index contributed by atoms with van der Waals surface area (Å²) in [6, 6.07) is 0. The molecule has 2 N–H and O–H groups in total. The van der Waals surface area contributed by atoms with E-state index in [9.17, 15) is 5.11 Å². The van der Waals surface area contributed by atoms with Gasteiger partial charge in [-0.3, -0.25) is 0 Å². The van der Waals surface area contributed by atoms with Crippen LogP contribution in [0.3, 0.4) is 0 Å². The minimum absolute atomic E-state index is 0.294. The lowest BCUT2D eigenvalue weighted by molar-refractivity contribution is 0.00248. The number of aliphatic hydroxyl groups excluding tert-OH is 1. The number of hydrogen-bond acceptors (Lipinski definition) is 3. The van der Waals surface area contributed by atoms with Crippen LogP contribution >= 0.6 is 0 Å². The van der Waals surface area contributed by atoms with Gasteiger partial charge in [0, 0.05) is 19.7 Å². The Morgan fingerprint density at radius 3 is 2.80 bits per heavy atom. The predicted molar refractivity (Wildman–Crippen MR) is 61.8 cm³/mol. The lowest BCUT2D eigenvalue weighted by atomic mass is 9.93. The maximum absolute atomic E-state index is 10.0. The molecule has 1 saturated heterocycles. The molecule has 0 bridgehead atoms. The number of hydrogen-bond donors (Lipinski definition) is 2. The van der Waals surface area contributed by atoms with E-state index in [4.69, 9.17) is 5.11 Å². The molecule has 3 heteroatoms. The number of likely N-dealkylation sites (tertiary alicyclic amines) is 1. The monoisotopic (exact) mass is 215 g/mol. The van der Waals surface area contributed by atoms with Crippen LogP contribution in [0.1, 0.15) is 39.5 Å². The SMILES string of the molecule is CCC(C)(O)CN1CCCC(CCO)C1. The second kappa shape index (κ2) is 5.83. The summed E-state index contributed by atoms with van der Waals surface area (Å²) in [5.41, 5.74) is -0.554. The molecule has 0 aromatic rings. The molecule has 1 rings (SSSR count). The summed E-state index contributed by atoms with van der Waals surface area (Å²) in [7, 11) is 0. The minimum Gasteiger partial charge on any atom is -0.396 e. The van der Waals surface area contributed by atoms with Gasteiger partial charge in [0.15, 0.2) is 0 Å². The molecule has 1 fully saturated rings. The number of piperidine rings is 1. The van der Waals surface area contributed by atoms with Crippen molar-refractivity contribution in [3.63, 3.8) is 0 Å². The molecule has 90 valence electrons. The largest absolute Gasteiger partial charge is 0.396 e. The standard InChI is InChI=1S/C12H25NO2/c1-3-12(2,15)10-13-7-4-5-11(9-13)6-8-14/h11,14-15H,3-10H2,1-2H3. The quantitative estimate of drug-likeness (QED) is 0.725. The fourth-order valence-electron chi connectivity index (χ4n) is 2.31. The van der Waals surface area contributed by atoms with E-state index in [1.54, 1.807) is 0 Å². The Morgan fingerprint density at radius 1 is 1.47 bits per heavy atom. The van der Waals surface area contributed by atoms with Crippen molar-refractivity contribution in [3.8, 4) is 0 Å². The number of nitrogens with zero attached hydrogens (tertiary/aromatic N) is 1. The smallest absolute Gasteiger partial charge is 0.0743 e. The van der Waals surface area contributed by atoms with Crippen molar-refractivity contribution in [3.05, 3.63) is 0 Å². The summed E-state index contributed by atoms with van der Waals surface area (Å²) >= 11 is 0. The van der Waals surface area contributed by atoms with Crippen molar-refractivity contribution >= 4 is 0 Å². The highest BCUT2D eigenvalue weighted by atomic mass is 16.3. The van der Waals surface area contributed by atoms with Gasteiger partial charge < -0.3 is 15.1 Å². The molecule has 3 nitrogen and oxygen atoms in total. The molecule has 2 unspecified atom stereocenters. The highest BCUT2D eigenvalue weighted by molar-refractivity contribution is 4.80. The van der Waals surface area contributed by atoms with E-state index >= 15 is 0 Å². The predicted octanol–water partition coefficient (Wildman–Crippen LogP) is 1.24. The van der Waals surface area contributed by atoms with Crippen LogP contribution in [0, 0.1) is 5.92 Å². The van der Waals surface area contributed by atoms with Gasteiger partial charge in [0.05, 0.1) is 5.60 Å². The fourth-order valence-corrected chi connectivity index (χ4v) is 2.31. The molecular weight excluding hydrogens is 190 g/mol. The lowest BCUT2D eigenvalue weighted by Gasteiger charge is -2.36. The van der Waals surface area contributed by atoms with Crippen LogP contribution in [0.5, 0.6) is 0 Å². The maximum Gasteiger partial charge on any atom is 0.0743 e. The van der Waals surface area contributed by atoms with E-state index in [1.807, 2.05) is 13.8 Å². The zero-order valence-corrected chi connectivity index (χ0v) is 10.1. The van der Waals surface area contributed by atoms with Gasteiger partial charge >= 0.3 is 0 Å². The van der Waals surface area contributed by atoms with Crippen molar-refractivity contribution in [2.75, 3.05) is 26.2 Å². The Hall–Kier alpha value is -0.120. The molecule has 1 aliphatic rings. The normalized spacial score (nSPS) is 27.6. The molecule has 2 atom stereocenters. The molecule has 0 aromatic heterocycles. The zero-order chi connectivity index (χ0) is 11.3. The molecule has 0 radical (unpaired) electrons. The first-order valence-electron chi connectivity index (χ1n) is 6.13. The maximum atomic E-state index is 10.0. The van der Waals surface area contributed by atoms with Crippen LogP contribution in [0.2, 0.25) is 0 Å². The van der Waals surface area contributed by atoms with Gasteiger partial charge in [-0.25, -0.2) is 0 Å².